The van der Waals surface area contributed by atoms with Crippen LogP contribution in [0, 0.1) is 0 Å². The molecule has 0 atom stereocenters. The van der Waals surface area contributed by atoms with Gasteiger partial charge in [0.05, 0.1) is 36.3 Å². The van der Waals surface area contributed by atoms with Gasteiger partial charge >= 0.3 is 0 Å². The number of allylic oxidation sites excluding steroid dienone is 2. The average molecular weight is 525 g/mol. The number of unbranched alkanes of at least 4 members (excludes halogenated alkanes) is 1. The molecule has 7 nitrogen and oxygen atoms in total. The third-order valence-corrected chi connectivity index (χ3v) is 7.34. The molecule has 0 radical (unpaired) electrons. The third kappa shape index (κ3) is 6.32. The van der Waals surface area contributed by atoms with Gasteiger partial charge in [0.1, 0.15) is 0 Å². The summed E-state index contributed by atoms with van der Waals surface area (Å²) in [5.41, 5.74) is 6.38. The van der Waals surface area contributed by atoms with Crippen LogP contribution in [0.15, 0.2) is 83.9 Å². The van der Waals surface area contributed by atoms with E-state index in [2.05, 4.69) is 113 Å². The average Bonchev–Trinajstić information content (AvgIpc) is 3.41. The minimum Gasteiger partial charge on any atom is -0.379 e. The zero-order chi connectivity index (χ0) is 27.2. The highest BCUT2D eigenvalue weighted by atomic mass is 16.5. The summed E-state index contributed by atoms with van der Waals surface area (Å²) in [7, 11) is 0. The zero-order valence-electron chi connectivity index (χ0n) is 23.6. The molecule has 0 aliphatic carbocycles. The summed E-state index contributed by atoms with van der Waals surface area (Å²) in [4.78, 5) is 9.79. The standard InChI is InChI=1S/C32H40N6O/c1-5-7-8-30-31(34-27-13-11-26(12-14-27)32(3,4)23-37-16-18-39-19-17-37)35-29(22-38(30)15-6-2)24-9-10-25-21-33-36-28(25)20-24/h6,8-15,20-22H,5,7,16-19,23H2,1-4H3,(H,33,36)(H,34,35)/b15-6-,30-8+. The monoisotopic (exact) mass is 524 g/mol. The number of rotatable bonds is 8. The predicted molar refractivity (Wildman–Crippen MR) is 161 cm³/mol. The van der Waals surface area contributed by atoms with Gasteiger partial charge < -0.3 is 15.0 Å². The summed E-state index contributed by atoms with van der Waals surface area (Å²) in [5, 5.41) is 12.0. The Bertz CT molecular complexity index is 1390. The predicted octanol–water partition coefficient (Wildman–Crippen LogP) is 6.51. The van der Waals surface area contributed by atoms with E-state index in [0.717, 1.165) is 85.1 Å². The molecule has 0 spiro atoms. The number of H-pyrrole nitrogens is 1. The fraction of sp³-hybridized carbons (Fsp3) is 0.375. The number of benzene rings is 2. The van der Waals surface area contributed by atoms with Crippen molar-refractivity contribution >= 4 is 28.1 Å². The van der Waals surface area contributed by atoms with Gasteiger partial charge in [0.25, 0.3) is 0 Å². The number of aromatic amines is 1. The number of aliphatic imine (C=N–C) groups is 1. The number of hydrogen-bond donors (Lipinski definition) is 2. The van der Waals surface area contributed by atoms with Crippen molar-refractivity contribution in [2.45, 2.75) is 46.0 Å². The summed E-state index contributed by atoms with van der Waals surface area (Å²) in [6, 6.07) is 15.1. The molecule has 1 saturated heterocycles. The molecule has 0 amide bonds. The molecular formula is C32H40N6O. The molecule has 1 fully saturated rings. The van der Waals surface area contributed by atoms with Crippen molar-refractivity contribution in [3.8, 4) is 0 Å². The van der Waals surface area contributed by atoms with Crippen molar-refractivity contribution in [3.63, 3.8) is 0 Å². The number of ether oxygens (including phenoxy) is 1. The minimum absolute atomic E-state index is 0.0500. The first-order valence-corrected chi connectivity index (χ1v) is 14.0. The first-order valence-electron chi connectivity index (χ1n) is 14.0. The molecule has 5 rings (SSSR count). The lowest BCUT2D eigenvalue weighted by Crippen LogP contribution is -2.43. The number of aromatic nitrogens is 2. The molecule has 2 N–H and O–H groups in total. The minimum atomic E-state index is 0.0500. The van der Waals surface area contributed by atoms with Crippen LogP contribution in [0.1, 0.15) is 51.7 Å². The van der Waals surface area contributed by atoms with E-state index in [1.165, 1.54) is 5.56 Å². The fourth-order valence-electron chi connectivity index (χ4n) is 5.18. The van der Waals surface area contributed by atoms with Crippen molar-refractivity contribution in [2.24, 2.45) is 4.99 Å². The summed E-state index contributed by atoms with van der Waals surface area (Å²) in [6.45, 7) is 13.6. The molecule has 2 aromatic carbocycles. The Labute approximate surface area is 231 Å². The molecule has 204 valence electrons. The summed E-state index contributed by atoms with van der Waals surface area (Å²) in [6.07, 6.45) is 12.4. The van der Waals surface area contributed by atoms with Crippen LogP contribution >= 0.6 is 0 Å². The topological polar surface area (TPSA) is 68.8 Å². The molecule has 3 heterocycles. The number of anilines is 1. The maximum Gasteiger partial charge on any atom is 0.155 e. The van der Waals surface area contributed by atoms with Crippen molar-refractivity contribution in [3.05, 3.63) is 90.0 Å². The lowest BCUT2D eigenvalue weighted by Gasteiger charge is -2.35. The Morgan fingerprint density at radius 3 is 2.64 bits per heavy atom. The molecule has 39 heavy (non-hydrogen) atoms. The first kappa shape index (κ1) is 26.9. The summed E-state index contributed by atoms with van der Waals surface area (Å²) >= 11 is 0. The Kier molecular flexibility index (Phi) is 8.29. The molecule has 0 bridgehead atoms. The van der Waals surface area contributed by atoms with E-state index >= 15 is 0 Å². The largest absolute Gasteiger partial charge is 0.379 e. The molecular weight excluding hydrogens is 484 g/mol. The van der Waals surface area contributed by atoms with Crippen molar-refractivity contribution in [2.75, 3.05) is 38.2 Å². The van der Waals surface area contributed by atoms with Gasteiger partial charge in [-0.25, -0.2) is 4.99 Å². The first-order chi connectivity index (χ1) is 19.0. The number of morpholine rings is 1. The lowest BCUT2D eigenvalue weighted by molar-refractivity contribution is 0.0295. The molecule has 2 aliphatic rings. The van der Waals surface area contributed by atoms with Gasteiger partial charge in [0, 0.05) is 54.1 Å². The quantitative estimate of drug-likeness (QED) is 0.351. The van der Waals surface area contributed by atoms with E-state index in [4.69, 9.17) is 9.73 Å². The van der Waals surface area contributed by atoms with Crippen LogP contribution in [0.5, 0.6) is 0 Å². The van der Waals surface area contributed by atoms with Gasteiger partial charge in [-0.05, 0) is 37.1 Å². The van der Waals surface area contributed by atoms with Crippen LogP contribution in [-0.4, -0.2) is 58.7 Å². The van der Waals surface area contributed by atoms with Crippen molar-refractivity contribution < 1.29 is 4.74 Å². The van der Waals surface area contributed by atoms with Gasteiger partial charge in [0.15, 0.2) is 5.84 Å². The Hall–Kier alpha value is -3.68. The van der Waals surface area contributed by atoms with E-state index in [-0.39, 0.29) is 5.41 Å². The highest BCUT2D eigenvalue weighted by Crippen LogP contribution is 2.30. The molecule has 0 saturated carbocycles. The van der Waals surface area contributed by atoms with Gasteiger partial charge in [-0.2, -0.15) is 5.10 Å². The molecule has 7 heteroatoms. The van der Waals surface area contributed by atoms with Gasteiger partial charge in [0.2, 0.25) is 0 Å². The highest BCUT2D eigenvalue weighted by Gasteiger charge is 2.25. The van der Waals surface area contributed by atoms with E-state index in [0.29, 0.717) is 0 Å². The van der Waals surface area contributed by atoms with Crippen LogP contribution in [0.4, 0.5) is 5.69 Å². The summed E-state index contributed by atoms with van der Waals surface area (Å²) in [5.74, 6) is 0.837. The van der Waals surface area contributed by atoms with Crippen LogP contribution < -0.4 is 5.32 Å². The summed E-state index contributed by atoms with van der Waals surface area (Å²) < 4.78 is 5.53. The van der Waals surface area contributed by atoms with Crippen molar-refractivity contribution in [1.82, 2.24) is 20.0 Å². The van der Waals surface area contributed by atoms with E-state index in [1.54, 1.807) is 0 Å². The van der Waals surface area contributed by atoms with Crippen LogP contribution in [0.2, 0.25) is 0 Å². The maximum absolute atomic E-state index is 5.53. The van der Waals surface area contributed by atoms with Crippen LogP contribution in [0.25, 0.3) is 16.6 Å². The number of nitrogens with zero attached hydrogens (tertiary/aromatic N) is 4. The number of nitrogens with one attached hydrogen (secondary N) is 2. The van der Waals surface area contributed by atoms with Gasteiger partial charge in [-0.1, -0.05) is 63.6 Å². The maximum atomic E-state index is 5.53. The second-order valence-electron chi connectivity index (χ2n) is 10.9. The number of hydrogen-bond acceptors (Lipinski definition) is 6. The molecule has 2 aliphatic heterocycles. The lowest BCUT2D eigenvalue weighted by atomic mass is 9.84. The van der Waals surface area contributed by atoms with Gasteiger partial charge in [-0.15, -0.1) is 0 Å². The van der Waals surface area contributed by atoms with Crippen LogP contribution in [-0.2, 0) is 10.2 Å². The second kappa shape index (κ2) is 12.0. The highest BCUT2D eigenvalue weighted by molar-refractivity contribution is 6.11. The Balaban J connectivity index is 1.42. The fourth-order valence-corrected chi connectivity index (χ4v) is 5.18. The molecule has 0 unspecified atom stereocenters. The molecule has 1 aromatic heterocycles. The van der Waals surface area contributed by atoms with E-state index < -0.39 is 0 Å². The van der Waals surface area contributed by atoms with Crippen molar-refractivity contribution in [1.29, 1.82) is 0 Å². The Morgan fingerprint density at radius 1 is 1.10 bits per heavy atom. The van der Waals surface area contributed by atoms with Crippen LogP contribution in [0.3, 0.4) is 0 Å². The van der Waals surface area contributed by atoms with Gasteiger partial charge in [-0.3, -0.25) is 10.00 Å². The second-order valence-corrected chi connectivity index (χ2v) is 10.9. The number of fused-ring (bicyclic) bond motifs is 1. The van der Waals surface area contributed by atoms with E-state index in [9.17, 15) is 0 Å². The zero-order valence-corrected chi connectivity index (χ0v) is 23.6. The smallest absolute Gasteiger partial charge is 0.155 e. The molecule has 3 aromatic rings. The Morgan fingerprint density at radius 2 is 1.90 bits per heavy atom. The number of amidine groups is 1. The SMILES string of the molecule is C/C=C\N1C=C(c2ccc3cn[nH]c3c2)N=C(Nc2ccc(C(C)(C)CN3CCOCC3)cc2)/C1=C\CCC. The normalized spacial score (nSPS) is 18.2. The third-order valence-electron chi connectivity index (χ3n) is 7.34. The van der Waals surface area contributed by atoms with E-state index in [1.807, 2.05) is 13.1 Å².